The summed E-state index contributed by atoms with van der Waals surface area (Å²) in [6, 6.07) is 11.0. The van der Waals surface area contributed by atoms with E-state index in [0.29, 0.717) is 29.9 Å². The number of hydrogen-bond donors (Lipinski definition) is 2. The molecule has 0 atom stereocenters. The van der Waals surface area contributed by atoms with E-state index in [9.17, 15) is 24.2 Å². The van der Waals surface area contributed by atoms with Crippen molar-refractivity contribution in [3.05, 3.63) is 98.3 Å². The van der Waals surface area contributed by atoms with Gasteiger partial charge in [0.15, 0.2) is 0 Å². The molecule has 7 nitrogen and oxygen atoms in total. The van der Waals surface area contributed by atoms with Crippen LogP contribution in [0.5, 0.6) is 0 Å². The molecule has 0 spiro atoms. The summed E-state index contributed by atoms with van der Waals surface area (Å²) in [5, 5.41) is 19.2. The van der Waals surface area contributed by atoms with Crippen molar-refractivity contribution in [3.8, 4) is 5.69 Å². The van der Waals surface area contributed by atoms with Crippen LogP contribution in [0.25, 0.3) is 16.6 Å². The standard InChI is InChI=1S/C24H17ClFN3O4/c25-17-7-15-21(8-22(17)28-9-14-2-1-5-27-19(14)11-28)29(10-16(23(15)31)24(32)33)20-4-3-13(12-30)6-18(20)26/h1-8,10,30H,9,11-12H2,(H,32,33). The number of fused-ring (bicyclic) bond motifs is 2. The fraction of sp³-hybridized carbons (Fsp3) is 0.125. The van der Waals surface area contributed by atoms with E-state index < -0.39 is 22.8 Å². The number of nitrogens with zero attached hydrogens (tertiary/aromatic N) is 3. The molecular weight excluding hydrogens is 449 g/mol. The number of carbonyl (C=O) groups is 1. The van der Waals surface area contributed by atoms with Gasteiger partial charge in [0.05, 0.1) is 40.8 Å². The maximum absolute atomic E-state index is 14.9. The van der Waals surface area contributed by atoms with E-state index in [-0.39, 0.29) is 22.7 Å². The van der Waals surface area contributed by atoms with Crippen LogP contribution in [-0.4, -0.2) is 25.7 Å². The van der Waals surface area contributed by atoms with E-state index >= 15 is 0 Å². The van der Waals surface area contributed by atoms with Crippen molar-refractivity contribution in [2.45, 2.75) is 19.7 Å². The van der Waals surface area contributed by atoms with E-state index in [1.807, 2.05) is 17.0 Å². The first-order valence-corrected chi connectivity index (χ1v) is 10.4. The first-order valence-electron chi connectivity index (χ1n) is 10.1. The number of aromatic carboxylic acids is 1. The minimum absolute atomic E-state index is 0.0411. The SMILES string of the molecule is O=C(O)c1cn(-c2ccc(CO)cc2F)c2cc(N3Cc4cccnc4C3)c(Cl)cc2c1=O. The average Bonchev–Trinajstić information content (AvgIpc) is 3.23. The second-order valence-corrected chi connectivity index (χ2v) is 8.18. The van der Waals surface area contributed by atoms with Gasteiger partial charge in [-0.2, -0.15) is 0 Å². The molecule has 0 amide bonds. The van der Waals surface area contributed by atoms with Gasteiger partial charge >= 0.3 is 5.97 Å². The number of halogens is 2. The van der Waals surface area contributed by atoms with Crippen molar-refractivity contribution < 1.29 is 19.4 Å². The summed E-state index contributed by atoms with van der Waals surface area (Å²) in [6.45, 7) is 0.732. The van der Waals surface area contributed by atoms with Crippen LogP contribution in [0.1, 0.15) is 27.2 Å². The molecule has 0 radical (unpaired) electrons. The van der Waals surface area contributed by atoms with Gasteiger partial charge in [-0.25, -0.2) is 9.18 Å². The number of anilines is 1. The van der Waals surface area contributed by atoms with E-state index in [1.165, 1.54) is 28.8 Å². The van der Waals surface area contributed by atoms with Crippen molar-refractivity contribution >= 4 is 34.2 Å². The third kappa shape index (κ3) is 3.53. The normalized spacial score (nSPS) is 12.9. The summed E-state index contributed by atoms with van der Waals surface area (Å²) < 4.78 is 16.3. The Bertz CT molecular complexity index is 1480. The van der Waals surface area contributed by atoms with E-state index in [0.717, 1.165) is 17.5 Å². The Morgan fingerprint density at radius 1 is 1.15 bits per heavy atom. The molecular formula is C24H17ClFN3O4. The number of carboxylic acids is 1. The number of benzene rings is 2. The summed E-state index contributed by atoms with van der Waals surface area (Å²) >= 11 is 6.54. The predicted octanol–water partition coefficient (Wildman–Crippen LogP) is 3.89. The van der Waals surface area contributed by atoms with Gasteiger partial charge < -0.3 is 19.7 Å². The second-order valence-electron chi connectivity index (χ2n) is 7.78. The Balaban J connectivity index is 1.75. The highest BCUT2D eigenvalue weighted by molar-refractivity contribution is 6.34. The van der Waals surface area contributed by atoms with Crippen molar-refractivity contribution in [2.75, 3.05) is 4.90 Å². The van der Waals surface area contributed by atoms with E-state index in [2.05, 4.69) is 4.98 Å². The zero-order valence-corrected chi connectivity index (χ0v) is 17.9. The van der Waals surface area contributed by atoms with Crippen LogP contribution < -0.4 is 10.3 Å². The minimum atomic E-state index is -1.43. The molecule has 0 fully saturated rings. The predicted molar refractivity (Wildman–Crippen MR) is 122 cm³/mol. The highest BCUT2D eigenvalue weighted by atomic mass is 35.5. The van der Waals surface area contributed by atoms with Gasteiger partial charge in [-0.15, -0.1) is 0 Å². The average molecular weight is 466 g/mol. The van der Waals surface area contributed by atoms with Gasteiger partial charge in [-0.05, 0) is 41.5 Å². The molecule has 4 aromatic rings. The number of pyridine rings is 2. The first kappa shape index (κ1) is 21.1. The molecule has 33 heavy (non-hydrogen) atoms. The van der Waals surface area contributed by atoms with Gasteiger partial charge in [0.25, 0.3) is 0 Å². The molecule has 9 heteroatoms. The maximum atomic E-state index is 14.9. The lowest BCUT2D eigenvalue weighted by atomic mass is 10.1. The van der Waals surface area contributed by atoms with Gasteiger partial charge in [-0.3, -0.25) is 9.78 Å². The third-order valence-corrected chi connectivity index (χ3v) is 6.09. The number of carboxylic acid groups (broad SMARTS) is 1. The van der Waals surface area contributed by atoms with E-state index in [4.69, 9.17) is 11.6 Å². The number of aliphatic hydroxyl groups is 1. The molecule has 0 bridgehead atoms. The fourth-order valence-electron chi connectivity index (χ4n) is 4.14. The van der Waals surface area contributed by atoms with Crippen LogP contribution in [-0.2, 0) is 19.7 Å². The molecule has 1 aliphatic heterocycles. The Kier molecular flexibility index (Phi) is 5.11. The molecule has 3 heterocycles. The zero-order chi connectivity index (χ0) is 23.3. The number of rotatable bonds is 4. The molecule has 2 N–H and O–H groups in total. The molecule has 166 valence electrons. The van der Waals surface area contributed by atoms with Gasteiger partial charge in [0.2, 0.25) is 5.43 Å². The number of aromatic nitrogens is 2. The van der Waals surface area contributed by atoms with Crippen LogP contribution in [0.2, 0.25) is 5.02 Å². The summed E-state index contributed by atoms with van der Waals surface area (Å²) in [5.41, 5.74) is 2.09. The molecule has 1 aliphatic rings. The molecule has 0 unspecified atom stereocenters. The fourth-order valence-corrected chi connectivity index (χ4v) is 4.43. The van der Waals surface area contributed by atoms with Crippen LogP contribution in [0.15, 0.2) is 59.7 Å². The van der Waals surface area contributed by atoms with Crippen molar-refractivity contribution in [2.24, 2.45) is 0 Å². The molecule has 5 rings (SSSR count). The monoisotopic (exact) mass is 465 g/mol. The van der Waals surface area contributed by atoms with Crippen LogP contribution in [0.3, 0.4) is 0 Å². The van der Waals surface area contributed by atoms with Crippen molar-refractivity contribution in [1.29, 1.82) is 0 Å². The lowest BCUT2D eigenvalue weighted by molar-refractivity contribution is 0.0695. The van der Waals surface area contributed by atoms with E-state index in [1.54, 1.807) is 12.3 Å². The first-order chi connectivity index (χ1) is 15.9. The lowest BCUT2D eigenvalue weighted by Gasteiger charge is -2.21. The Morgan fingerprint density at radius 2 is 1.97 bits per heavy atom. The Hall–Kier alpha value is -3.75. The van der Waals surface area contributed by atoms with Crippen LogP contribution >= 0.6 is 11.6 Å². The van der Waals surface area contributed by atoms with Crippen molar-refractivity contribution in [3.63, 3.8) is 0 Å². The summed E-state index contributed by atoms with van der Waals surface area (Å²) in [6.07, 6.45) is 2.83. The van der Waals surface area contributed by atoms with Gasteiger partial charge in [-0.1, -0.05) is 23.7 Å². The highest BCUT2D eigenvalue weighted by Crippen LogP contribution is 2.36. The smallest absolute Gasteiger partial charge is 0.341 e. The Labute approximate surface area is 191 Å². The summed E-state index contributed by atoms with van der Waals surface area (Å²) in [4.78, 5) is 31.0. The largest absolute Gasteiger partial charge is 0.477 e. The topological polar surface area (TPSA) is 95.7 Å². The number of aliphatic hydroxyl groups excluding tert-OH is 1. The second kappa shape index (κ2) is 7.99. The molecule has 0 aliphatic carbocycles. The molecule has 2 aromatic carbocycles. The van der Waals surface area contributed by atoms with Crippen LogP contribution in [0, 0.1) is 5.82 Å². The summed E-state index contributed by atoms with van der Waals surface area (Å²) in [7, 11) is 0. The maximum Gasteiger partial charge on any atom is 0.341 e. The molecule has 0 saturated carbocycles. The molecule has 2 aromatic heterocycles. The third-order valence-electron chi connectivity index (χ3n) is 5.78. The van der Waals surface area contributed by atoms with Gasteiger partial charge in [0, 0.05) is 24.3 Å². The van der Waals surface area contributed by atoms with Gasteiger partial charge in [0.1, 0.15) is 11.4 Å². The lowest BCUT2D eigenvalue weighted by Crippen LogP contribution is -2.20. The minimum Gasteiger partial charge on any atom is -0.477 e. The zero-order valence-electron chi connectivity index (χ0n) is 17.1. The number of hydrogen-bond acceptors (Lipinski definition) is 5. The quantitative estimate of drug-likeness (QED) is 0.475. The van der Waals surface area contributed by atoms with Crippen molar-refractivity contribution in [1.82, 2.24) is 9.55 Å². The summed E-state index contributed by atoms with van der Waals surface area (Å²) in [5.74, 6) is -2.10. The van der Waals surface area contributed by atoms with Crippen LogP contribution in [0.4, 0.5) is 10.1 Å². The Morgan fingerprint density at radius 3 is 2.67 bits per heavy atom. The molecule has 0 saturated heterocycles. The highest BCUT2D eigenvalue weighted by Gasteiger charge is 2.24.